The van der Waals surface area contributed by atoms with Crippen molar-refractivity contribution in [1.29, 1.82) is 0 Å². The average Bonchev–Trinajstić information content (AvgIpc) is 3.02. The molecule has 2 aromatic carbocycles. The Morgan fingerprint density at radius 1 is 1.19 bits per heavy atom. The van der Waals surface area contributed by atoms with Crippen molar-refractivity contribution in [2.75, 3.05) is 11.9 Å². The van der Waals surface area contributed by atoms with Crippen LogP contribution in [0.1, 0.15) is 16.2 Å². The summed E-state index contributed by atoms with van der Waals surface area (Å²) < 4.78 is 18.1. The Labute approximate surface area is 158 Å². The molecule has 138 valence electrons. The van der Waals surface area contributed by atoms with Gasteiger partial charge in [0.2, 0.25) is 0 Å². The molecule has 9 heteroatoms. The highest BCUT2D eigenvalue weighted by Crippen LogP contribution is 2.15. The van der Waals surface area contributed by atoms with Gasteiger partial charge < -0.3 is 10.1 Å². The molecule has 0 bridgehead atoms. The fourth-order valence-corrected chi connectivity index (χ4v) is 2.43. The number of ether oxygens (including phenoxy) is 1. The van der Waals surface area contributed by atoms with Crippen molar-refractivity contribution in [3.63, 3.8) is 0 Å². The molecule has 0 saturated heterocycles. The van der Waals surface area contributed by atoms with Crippen LogP contribution in [0.25, 0.3) is 5.69 Å². The molecule has 0 fully saturated rings. The first-order chi connectivity index (χ1) is 12.9. The van der Waals surface area contributed by atoms with E-state index in [1.54, 1.807) is 31.2 Å². The standard InChI is InChI=1S/C18H14ClFN4O3/c1-11-17(23-24(22-11)15-7-2-4-12(19)8-15)18(26)27-10-16(25)21-14-6-3-5-13(20)9-14/h2-9H,10H2,1H3,(H,21,25). The summed E-state index contributed by atoms with van der Waals surface area (Å²) in [6.45, 7) is 1.05. The number of aryl methyl sites for hydroxylation is 1. The molecule has 0 spiro atoms. The Hall–Kier alpha value is -3.26. The quantitative estimate of drug-likeness (QED) is 0.678. The van der Waals surface area contributed by atoms with E-state index in [1.807, 2.05) is 0 Å². The molecular weight excluding hydrogens is 375 g/mol. The Bertz CT molecular complexity index is 1010. The molecule has 1 amide bonds. The summed E-state index contributed by atoms with van der Waals surface area (Å²) in [7, 11) is 0. The van der Waals surface area contributed by atoms with Crippen molar-refractivity contribution in [2.24, 2.45) is 0 Å². The number of esters is 1. The van der Waals surface area contributed by atoms with Gasteiger partial charge in [-0.25, -0.2) is 9.18 Å². The maximum absolute atomic E-state index is 13.1. The zero-order valence-electron chi connectivity index (χ0n) is 14.1. The van der Waals surface area contributed by atoms with E-state index in [1.165, 1.54) is 23.0 Å². The van der Waals surface area contributed by atoms with E-state index in [2.05, 4.69) is 15.5 Å². The summed E-state index contributed by atoms with van der Waals surface area (Å²) in [6, 6.07) is 12.2. The van der Waals surface area contributed by atoms with Crippen molar-refractivity contribution in [2.45, 2.75) is 6.92 Å². The Balaban J connectivity index is 1.63. The average molecular weight is 389 g/mol. The molecule has 0 saturated carbocycles. The molecule has 0 radical (unpaired) electrons. The van der Waals surface area contributed by atoms with Gasteiger partial charge in [0, 0.05) is 10.7 Å². The van der Waals surface area contributed by atoms with Gasteiger partial charge in [-0.3, -0.25) is 4.79 Å². The van der Waals surface area contributed by atoms with E-state index in [0.717, 1.165) is 6.07 Å². The molecule has 0 aliphatic carbocycles. The maximum atomic E-state index is 13.1. The molecular formula is C18H14ClFN4O3. The van der Waals surface area contributed by atoms with Crippen LogP contribution in [-0.4, -0.2) is 33.5 Å². The third-order valence-electron chi connectivity index (χ3n) is 3.46. The van der Waals surface area contributed by atoms with Crippen molar-refractivity contribution >= 4 is 29.2 Å². The number of amides is 1. The summed E-state index contributed by atoms with van der Waals surface area (Å²) in [5, 5.41) is 11.2. The van der Waals surface area contributed by atoms with E-state index >= 15 is 0 Å². The predicted octanol–water partition coefficient (Wildman–Crippen LogP) is 3.16. The summed E-state index contributed by atoms with van der Waals surface area (Å²) in [5.74, 6) is -1.89. The minimum Gasteiger partial charge on any atom is -0.451 e. The van der Waals surface area contributed by atoms with Gasteiger partial charge in [0.25, 0.3) is 5.91 Å². The topological polar surface area (TPSA) is 86.1 Å². The molecule has 1 aromatic heterocycles. The zero-order valence-corrected chi connectivity index (χ0v) is 14.9. The summed E-state index contributed by atoms with van der Waals surface area (Å²) >= 11 is 5.94. The Morgan fingerprint density at radius 3 is 2.70 bits per heavy atom. The highest BCUT2D eigenvalue weighted by Gasteiger charge is 2.19. The first-order valence-corrected chi connectivity index (χ1v) is 8.22. The van der Waals surface area contributed by atoms with Crippen LogP contribution in [0.4, 0.5) is 10.1 Å². The number of carbonyl (C=O) groups excluding carboxylic acids is 2. The largest absolute Gasteiger partial charge is 0.451 e. The second kappa shape index (κ2) is 7.96. The van der Waals surface area contributed by atoms with Crippen LogP contribution in [0, 0.1) is 12.7 Å². The Kier molecular flexibility index (Phi) is 5.46. The summed E-state index contributed by atoms with van der Waals surface area (Å²) in [6.07, 6.45) is 0. The van der Waals surface area contributed by atoms with Crippen LogP contribution in [0.3, 0.4) is 0 Å². The second-order valence-electron chi connectivity index (χ2n) is 5.54. The molecule has 3 rings (SSSR count). The van der Waals surface area contributed by atoms with Crippen molar-refractivity contribution in [3.05, 3.63) is 70.8 Å². The number of hydrogen-bond acceptors (Lipinski definition) is 5. The second-order valence-corrected chi connectivity index (χ2v) is 5.97. The summed E-state index contributed by atoms with van der Waals surface area (Å²) in [5.41, 5.74) is 1.16. The normalized spacial score (nSPS) is 10.5. The van der Waals surface area contributed by atoms with Crippen molar-refractivity contribution in [3.8, 4) is 5.69 Å². The van der Waals surface area contributed by atoms with Crippen LogP contribution in [-0.2, 0) is 9.53 Å². The van der Waals surface area contributed by atoms with Crippen LogP contribution in [0.5, 0.6) is 0 Å². The van der Waals surface area contributed by atoms with Crippen LogP contribution >= 0.6 is 11.6 Å². The molecule has 0 unspecified atom stereocenters. The third-order valence-corrected chi connectivity index (χ3v) is 3.69. The first kappa shape index (κ1) is 18.5. The number of nitrogens with one attached hydrogen (secondary N) is 1. The van der Waals surface area contributed by atoms with Crippen LogP contribution < -0.4 is 5.32 Å². The Morgan fingerprint density at radius 2 is 1.96 bits per heavy atom. The lowest BCUT2D eigenvalue weighted by Gasteiger charge is -2.05. The number of anilines is 1. The fourth-order valence-electron chi connectivity index (χ4n) is 2.25. The molecule has 27 heavy (non-hydrogen) atoms. The summed E-state index contributed by atoms with van der Waals surface area (Å²) in [4.78, 5) is 25.3. The van der Waals surface area contributed by atoms with Crippen molar-refractivity contribution in [1.82, 2.24) is 15.0 Å². The molecule has 7 nitrogen and oxygen atoms in total. The lowest BCUT2D eigenvalue weighted by Crippen LogP contribution is -2.21. The third kappa shape index (κ3) is 4.68. The van der Waals surface area contributed by atoms with Crippen molar-refractivity contribution < 1.29 is 18.7 Å². The van der Waals surface area contributed by atoms with Crippen LogP contribution in [0.15, 0.2) is 48.5 Å². The lowest BCUT2D eigenvalue weighted by atomic mass is 10.3. The maximum Gasteiger partial charge on any atom is 0.361 e. The SMILES string of the molecule is Cc1nn(-c2cccc(Cl)c2)nc1C(=O)OCC(=O)Nc1cccc(F)c1. The minimum absolute atomic E-state index is 0.0199. The molecule has 1 N–H and O–H groups in total. The number of hydrogen-bond donors (Lipinski definition) is 1. The molecule has 3 aromatic rings. The first-order valence-electron chi connectivity index (χ1n) is 7.85. The van der Waals surface area contributed by atoms with Gasteiger partial charge in [0.15, 0.2) is 12.3 Å². The molecule has 0 atom stereocenters. The van der Waals surface area contributed by atoms with Gasteiger partial charge in [-0.05, 0) is 43.3 Å². The highest BCUT2D eigenvalue weighted by molar-refractivity contribution is 6.30. The minimum atomic E-state index is -0.796. The zero-order chi connectivity index (χ0) is 19.4. The number of carbonyl (C=O) groups is 2. The van der Waals surface area contributed by atoms with Crippen LogP contribution in [0.2, 0.25) is 5.02 Å². The predicted molar refractivity (Wildman–Crippen MR) is 96.4 cm³/mol. The number of nitrogens with zero attached hydrogens (tertiary/aromatic N) is 3. The van der Waals surface area contributed by atoms with Gasteiger partial charge >= 0.3 is 5.97 Å². The van der Waals surface area contributed by atoms with Gasteiger partial charge in [-0.1, -0.05) is 23.7 Å². The lowest BCUT2D eigenvalue weighted by molar-refractivity contribution is -0.119. The number of halogens is 2. The van der Waals surface area contributed by atoms with Gasteiger partial charge in [0.1, 0.15) is 5.82 Å². The van der Waals surface area contributed by atoms with E-state index in [-0.39, 0.29) is 11.4 Å². The molecule has 0 aliphatic heterocycles. The smallest absolute Gasteiger partial charge is 0.361 e. The van der Waals surface area contributed by atoms with E-state index in [9.17, 15) is 14.0 Å². The monoisotopic (exact) mass is 388 g/mol. The van der Waals surface area contributed by atoms with Gasteiger partial charge in [-0.2, -0.15) is 9.90 Å². The van der Waals surface area contributed by atoms with E-state index in [0.29, 0.717) is 16.4 Å². The highest BCUT2D eigenvalue weighted by atomic mass is 35.5. The molecule has 0 aliphatic rings. The van der Waals surface area contributed by atoms with E-state index in [4.69, 9.17) is 16.3 Å². The van der Waals surface area contributed by atoms with E-state index < -0.39 is 24.3 Å². The van der Waals surface area contributed by atoms with Gasteiger partial charge in [0.05, 0.1) is 11.4 Å². The number of benzene rings is 2. The number of aromatic nitrogens is 3. The molecule has 1 heterocycles. The fraction of sp³-hybridized carbons (Fsp3) is 0.111. The number of rotatable bonds is 5. The van der Waals surface area contributed by atoms with Gasteiger partial charge in [-0.15, -0.1) is 5.10 Å².